The lowest BCUT2D eigenvalue weighted by molar-refractivity contribution is -0.205. The second-order valence-corrected chi connectivity index (χ2v) is 9.37. The van der Waals surface area contributed by atoms with E-state index in [4.69, 9.17) is 9.84 Å². The maximum Gasteiger partial charge on any atom is 0.119 e. The first-order valence-corrected chi connectivity index (χ1v) is 11.2. The fourth-order valence-corrected chi connectivity index (χ4v) is 6.05. The van der Waals surface area contributed by atoms with Crippen LogP contribution in [0.3, 0.4) is 0 Å². The van der Waals surface area contributed by atoms with E-state index in [0.717, 1.165) is 30.6 Å². The third-order valence-corrected chi connectivity index (χ3v) is 7.70. The molecule has 4 nitrogen and oxygen atoms in total. The molecule has 2 aromatic carbocycles. The van der Waals surface area contributed by atoms with Gasteiger partial charge in [-0.2, -0.15) is 0 Å². The molecule has 0 bridgehead atoms. The number of benzene rings is 2. The average Bonchev–Trinajstić information content (AvgIpc) is 2.75. The number of aliphatic hydroxyl groups is 3. The number of aryl methyl sites for hydroxylation is 1. The van der Waals surface area contributed by atoms with Crippen molar-refractivity contribution in [2.24, 2.45) is 5.92 Å². The van der Waals surface area contributed by atoms with Crippen molar-refractivity contribution >= 4 is 0 Å². The second-order valence-electron chi connectivity index (χ2n) is 9.37. The van der Waals surface area contributed by atoms with E-state index < -0.39 is 11.2 Å². The second kappa shape index (κ2) is 7.99. The van der Waals surface area contributed by atoms with Gasteiger partial charge in [-0.15, -0.1) is 0 Å². The topological polar surface area (TPSA) is 69.9 Å². The van der Waals surface area contributed by atoms with Crippen LogP contribution >= 0.6 is 0 Å². The van der Waals surface area contributed by atoms with Crippen LogP contribution in [0.1, 0.15) is 62.6 Å². The van der Waals surface area contributed by atoms with Gasteiger partial charge < -0.3 is 20.1 Å². The van der Waals surface area contributed by atoms with Gasteiger partial charge in [0, 0.05) is 18.4 Å². The lowest BCUT2D eigenvalue weighted by atomic mass is 9.49. The highest BCUT2D eigenvalue weighted by Gasteiger charge is 2.60. The van der Waals surface area contributed by atoms with Crippen LogP contribution in [0.5, 0.6) is 5.75 Å². The zero-order valence-electron chi connectivity index (χ0n) is 18.1. The highest BCUT2D eigenvalue weighted by molar-refractivity contribution is 5.45. The summed E-state index contributed by atoms with van der Waals surface area (Å²) in [6.07, 6.45) is 4.59. The van der Waals surface area contributed by atoms with Gasteiger partial charge >= 0.3 is 0 Å². The normalized spacial score (nSPS) is 32.9. The highest BCUT2D eigenvalue weighted by atomic mass is 16.5. The summed E-state index contributed by atoms with van der Waals surface area (Å²) in [4.78, 5) is 0. The molecular formula is C26H34O4. The first-order valence-electron chi connectivity index (χ1n) is 11.2. The number of hydrogen-bond acceptors (Lipinski definition) is 4. The Balaban J connectivity index is 1.70. The third-order valence-electron chi connectivity index (χ3n) is 7.70. The maximum atomic E-state index is 11.7. The molecule has 0 spiro atoms. The molecule has 4 heteroatoms. The lowest BCUT2D eigenvalue weighted by Crippen LogP contribution is -2.62. The van der Waals surface area contributed by atoms with Crippen molar-refractivity contribution in [3.8, 4) is 5.75 Å². The van der Waals surface area contributed by atoms with Crippen molar-refractivity contribution in [1.82, 2.24) is 0 Å². The molecule has 2 aliphatic carbocycles. The largest absolute Gasteiger partial charge is 0.493 e. The Kier molecular flexibility index (Phi) is 5.69. The number of fused-ring (bicyclic) bond motifs is 3. The molecule has 0 radical (unpaired) electrons. The maximum absolute atomic E-state index is 11.7. The molecule has 3 N–H and O–H groups in total. The summed E-state index contributed by atoms with van der Waals surface area (Å²) in [6, 6.07) is 16.0. The molecule has 4 rings (SSSR count). The van der Waals surface area contributed by atoms with Crippen LogP contribution in [0.25, 0.3) is 0 Å². The summed E-state index contributed by atoms with van der Waals surface area (Å²) in [5.41, 5.74) is 0.760. The standard InChI is InChI=1S/C26H34O4/c1-3-25-18-24(2,28)26(29,20-8-5-4-6-9-20)17-21(25)11-10-19-16-22(12-13-23(19)25)30-15-7-14-27/h4-6,8-9,12-13,16,21,27-29H,3,7,10-11,14-15,17-18H2,1-2H3/t21?,24-,25?,26-/m1/s1. The monoisotopic (exact) mass is 410 g/mol. The Morgan fingerprint density at radius 3 is 2.57 bits per heavy atom. The molecule has 0 heterocycles. The van der Waals surface area contributed by atoms with Crippen molar-refractivity contribution in [2.45, 2.75) is 69.0 Å². The summed E-state index contributed by atoms with van der Waals surface area (Å²) in [6.45, 7) is 4.64. The zero-order chi connectivity index (χ0) is 21.4. The van der Waals surface area contributed by atoms with E-state index in [0.29, 0.717) is 31.8 Å². The van der Waals surface area contributed by atoms with Crippen LogP contribution in [-0.2, 0) is 17.4 Å². The van der Waals surface area contributed by atoms with Crippen LogP contribution in [0, 0.1) is 5.92 Å². The average molecular weight is 411 g/mol. The van der Waals surface area contributed by atoms with Gasteiger partial charge in [-0.05, 0) is 73.8 Å². The highest BCUT2D eigenvalue weighted by Crippen LogP contribution is 2.60. The van der Waals surface area contributed by atoms with Gasteiger partial charge in [-0.3, -0.25) is 0 Å². The van der Waals surface area contributed by atoms with E-state index in [1.807, 2.05) is 36.4 Å². The summed E-state index contributed by atoms with van der Waals surface area (Å²) in [7, 11) is 0. The van der Waals surface area contributed by atoms with Gasteiger partial charge in [0.1, 0.15) is 11.4 Å². The molecule has 1 fully saturated rings. The first-order chi connectivity index (χ1) is 14.4. The molecule has 0 saturated heterocycles. The number of aliphatic hydroxyl groups excluding tert-OH is 1. The molecule has 4 atom stereocenters. The van der Waals surface area contributed by atoms with Crippen molar-refractivity contribution in [1.29, 1.82) is 0 Å². The van der Waals surface area contributed by atoms with Crippen molar-refractivity contribution in [2.75, 3.05) is 13.2 Å². The minimum Gasteiger partial charge on any atom is -0.493 e. The molecule has 1 saturated carbocycles. The molecule has 30 heavy (non-hydrogen) atoms. The third kappa shape index (κ3) is 3.35. The SMILES string of the molecule is CCC12C[C@@](C)(O)[C@](O)(c3ccccc3)CC1CCc1cc(OCCCO)ccc12. The van der Waals surface area contributed by atoms with E-state index in [2.05, 4.69) is 19.1 Å². The van der Waals surface area contributed by atoms with Crippen LogP contribution in [0.2, 0.25) is 0 Å². The fraction of sp³-hybridized carbons (Fsp3) is 0.538. The summed E-state index contributed by atoms with van der Waals surface area (Å²) >= 11 is 0. The minimum atomic E-state index is -1.25. The molecule has 0 aromatic heterocycles. The Labute approximate surface area is 179 Å². The Morgan fingerprint density at radius 1 is 1.10 bits per heavy atom. The van der Waals surface area contributed by atoms with Crippen LogP contribution < -0.4 is 4.74 Å². The summed E-state index contributed by atoms with van der Waals surface area (Å²) in [5.74, 6) is 1.15. The summed E-state index contributed by atoms with van der Waals surface area (Å²) < 4.78 is 5.80. The Hall–Kier alpha value is -1.88. The predicted molar refractivity (Wildman–Crippen MR) is 118 cm³/mol. The van der Waals surface area contributed by atoms with Gasteiger partial charge in [0.2, 0.25) is 0 Å². The van der Waals surface area contributed by atoms with Crippen LogP contribution in [-0.4, -0.2) is 34.1 Å². The number of rotatable bonds is 6. The number of hydrogen-bond donors (Lipinski definition) is 3. The minimum absolute atomic E-state index is 0.130. The van der Waals surface area contributed by atoms with E-state index in [1.54, 1.807) is 6.92 Å². The van der Waals surface area contributed by atoms with E-state index >= 15 is 0 Å². The molecule has 0 aliphatic heterocycles. The van der Waals surface area contributed by atoms with Crippen LogP contribution in [0.15, 0.2) is 48.5 Å². The molecule has 0 amide bonds. The zero-order valence-corrected chi connectivity index (χ0v) is 18.1. The number of ether oxygens (including phenoxy) is 1. The smallest absolute Gasteiger partial charge is 0.119 e. The molecule has 2 aromatic rings. The molecule has 162 valence electrons. The van der Waals surface area contributed by atoms with Crippen molar-refractivity contribution < 1.29 is 20.1 Å². The van der Waals surface area contributed by atoms with Gasteiger partial charge in [0.15, 0.2) is 0 Å². The first kappa shape index (κ1) is 21.4. The van der Waals surface area contributed by atoms with Crippen LogP contribution in [0.4, 0.5) is 0 Å². The van der Waals surface area contributed by atoms with Gasteiger partial charge in [-0.25, -0.2) is 0 Å². The lowest BCUT2D eigenvalue weighted by Gasteiger charge is -2.59. The molecular weight excluding hydrogens is 376 g/mol. The van der Waals surface area contributed by atoms with Crippen molar-refractivity contribution in [3.63, 3.8) is 0 Å². The van der Waals surface area contributed by atoms with Gasteiger partial charge in [0.25, 0.3) is 0 Å². The van der Waals surface area contributed by atoms with Crippen molar-refractivity contribution in [3.05, 3.63) is 65.2 Å². The Morgan fingerprint density at radius 2 is 1.87 bits per heavy atom. The van der Waals surface area contributed by atoms with Gasteiger partial charge in [-0.1, -0.05) is 43.3 Å². The van der Waals surface area contributed by atoms with Gasteiger partial charge in [0.05, 0.1) is 12.2 Å². The Bertz CT molecular complexity index is 878. The quantitative estimate of drug-likeness (QED) is 0.628. The van der Waals surface area contributed by atoms with E-state index in [-0.39, 0.29) is 12.0 Å². The fourth-order valence-electron chi connectivity index (χ4n) is 6.05. The van der Waals surface area contributed by atoms with E-state index in [9.17, 15) is 10.2 Å². The molecule has 2 unspecified atom stereocenters. The van der Waals surface area contributed by atoms with E-state index in [1.165, 1.54) is 11.1 Å². The molecule has 2 aliphatic rings. The predicted octanol–water partition coefficient (Wildman–Crippen LogP) is 4.09. The summed E-state index contributed by atoms with van der Waals surface area (Å²) in [5, 5.41) is 32.3.